The third-order valence-corrected chi connectivity index (χ3v) is 3.13. The molecule has 0 aliphatic carbocycles. The molecule has 2 amide bonds. The highest BCUT2D eigenvalue weighted by atomic mass is 16.2. The summed E-state index contributed by atoms with van der Waals surface area (Å²) in [4.78, 5) is 22.0. The Morgan fingerprint density at radius 1 is 0.833 bits per heavy atom. The standard InChI is InChI=1S/C10H7NO2.C8H8.C4H6.C3H3N.H3N/c12-9-6-8(10(13)11-9)7-4-2-1-3-5-7;1-2-8-6-4-3-5-7-8;1-3-4-2;1-2-3-4;/h1-6H,(H,11,12,13);2-7H,1H2;3-4H,1-2H2;2H,1H2;1H3. The first-order valence-electron chi connectivity index (χ1n) is 8.57. The first-order chi connectivity index (χ1) is 14.0. The summed E-state index contributed by atoms with van der Waals surface area (Å²) in [6.07, 6.45) is 7.61. The molecule has 30 heavy (non-hydrogen) atoms. The molecule has 2 aromatic carbocycles. The number of carbonyl (C=O) groups excluding carboxylic acids is 2. The molecule has 154 valence electrons. The summed E-state index contributed by atoms with van der Waals surface area (Å²) in [6, 6.07) is 20.8. The minimum absolute atomic E-state index is 0. The van der Waals surface area contributed by atoms with Gasteiger partial charge in [-0.15, -0.1) is 0 Å². The zero-order chi connectivity index (χ0) is 21.9. The Kier molecular flexibility index (Phi) is 16.9. The van der Waals surface area contributed by atoms with E-state index in [1.165, 1.54) is 17.7 Å². The largest absolute Gasteiger partial charge is 0.344 e. The second-order valence-electron chi connectivity index (χ2n) is 5.16. The SMILES string of the molecule is C=CC#N.C=CC=C.C=Cc1ccccc1.N.O=C1C=C(c2ccccc2)C(=O)N1. The van der Waals surface area contributed by atoms with Crippen molar-refractivity contribution in [1.29, 1.82) is 5.26 Å². The number of hydrogen-bond donors (Lipinski definition) is 2. The van der Waals surface area contributed by atoms with Crippen molar-refractivity contribution >= 4 is 23.5 Å². The van der Waals surface area contributed by atoms with Gasteiger partial charge in [-0.25, -0.2) is 0 Å². The maximum Gasteiger partial charge on any atom is 0.258 e. The molecule has 5 nitrogen and oxygen atoms in total. The van der Waals surface area contributed by atoms with Crippen LogP contribution in [-0.2, 0) is 9.59 Å². The van der Waals surface area contributed by atoms with E-state index in [0.717, 1.165) is 5.56 Å². The van der Waals surface area contributed by atoms with Gasteiger partial charge in [0.25, 0.3) is 11.8 Å². The Hall–Kier alpha value is -4.27. The van der Waals surface area contributed by atoms with E-state index in [1.54, 1.807) is 30.4 Å². The van der Waals surface area contributed by atoms with Crippen molar-refractivity contribution in [1.82, 2.24) is 11.5 Å². The van der Waals surface area contributed by atoms with Crippen LogP contribution in [0, 0.1) is 11.3 Å². The summed E-state index contributed by atoms with van der Waals surface area (Å²) in [5.41, 5.74) is 2.38. The summed E-state index contributed by atoms with van der Waals surface area (Å²) in [5, 5.41) is 9.70. The Morgan fingerprint density at radius 3 is 1.60 bits per heavy atom. The van der Waals surface area contributed by atoms with Crippen LogP contribution >= 0.6 is 0 Å². The molecule has 0 fully saturated rings. The predicted molar refractivity (Wildman–Crippen MR) is 125 cm³/mol. The van der Waals surface area contributed by atoms with Crippen LogP contribution in [0.3, 0.4) is 0 Å². The Balaban J connectivity index is 0. The predicted octanol–water partition coefficient (Wildman–Crippen LogP) is 5.27. The Morgan fingerprint density at radius 2 is 1.30 bits per heavy atom. The number of hydrogen-bond acceptors (Lipinski definition) is 4. The van der Waals surface area contributed by atoms with E-state index in [-0.39, 0.29) is 18.0 Å². The lowest BCUT2D eigenvalue weighted by Crippen LogP contribution is -2.21. The van der Waals surface area contributed by atoms with Gasteiger partial charge in [0.2, 0.25) is 0 Å². The van der Waals surface area contributed by atoms with Gasteiger partial charge < -0.3 is 6.15 Å². The van der Waals surface area contributed by atoms with E-state index in [0.29, 0.717) is 5.57 Å². The van der Waals surface area contributed by atoms with Crippen molar-refractivity contribution in [2.24, 2.45) is 0 Å². The summed E-state index contributed by atoms with van der Waals surface area (Å²) in [5.74, 6) is -0.667. The molecule has 5 heteroatoms. The van der Waals surface area contributed by atoms with Gasteiger partial charge in [-0.3, -0.25) is 14.9 Å². The van der Waals surface area contributed by atoms with Gasteiger partial charge in [0, 0.05) is 12.2 Å². The van der Waals surface area contributed by atoms with Crippen molar-refractivity contribution in [3.05, 3.63) is 122 Å². The van der Waals surface area contributed by atoms with Crippen molar-refractivity contribution in [3.8, 4) is 6.07 Å². The monoisotopic (exact) mass is 401 g/mol. The zero-order valence-electron chi connectivity index (χ0n) is 17.0. The first kappa shape index (κ1) is 27.9. The van der Waals surface area contributed by atoms with Gasteiger partial charge in [0.15, 0.2) is 0 Å². The number of carbonyl (C=O) groups is 2. The number of allylic oxidation sites excluding steroid dienone is 3. The van der Waals surface area contributed by atoms with E-state index >= 15 is 0 Å². The van der Waals surface area contributed by atoms with Gasteiger partial charge >= 0.3 is 0 Å². The molecule has 0 saturated carbocycles. The Labute approximate surface area is 178 Å². The highest BCUT2D eigenvalue weighted by Crippen LogP contribution is 2.16. The topological polar surface area (TPSA) is 105 Å². The molecular weight excluding hydrogens is 374 g/mol. The van der Waals surface area contributed by atoms with Crippen molar-refractivity contribution in [2.75, 3.05) is 0 Å². The van der Waals surface area contributed by atoms with Gasteiger partial charge in [-0.05, 0) is 11.1 Å². The van der Waals surface area contributed by atoms with Crippen LogP contribution in [0.5, 0.6) is 0 Å². The number of nitrogens with one attached hydrogen (secondary N) is 1. The first-order valence-corrected chi connectivity index (χ1v) is 8.57. The molecule has 0 aromatic heterocycles. The summed E-state index contributed by atoms with van der Waals surface area (Å²) in [6.45, 7) is 13.5. The molecule has 0 bridgehead atoms. The molecule has 1 aliphatic heterocycles. The van der Waals surface area contributed by atoms with Crippen LogP contribution in [0.15, 0.2) is 111 Å². The average Bonchev–Trinajstić information content (AvgIpc) is 3.13. The molecule has 1 heterocycles. The molecule has 0 saturated heterocycles. The lowest BCUT2D eigenvalue weighted by molar-refractivity contribution is -0.123. The van der Waals surface area contributed by atoms with Gasteiger partial charge in [0.1, 0.15) is 0 Å². The lowest BCUT2D eigenvalue weighted by atomic mass is 10.1. The quantitative estimate of drug-likeness (QED) is 0.415. The number of nitrogens with zero attached hydrogens (tertiary/aromatic N) is 1. The molecule has 4 N–H and O–H groups in total. The highest BCUT2D eigenvalue weighted by Gasteiger charge is 2.21. The average molecular weight is 402 g/mol. The molecule has 3 rings (SSSR count). The molecule has 0 atom stereocenters. The summed E-state index contributed by atoms with van der Waals surface area (Å²) < 4.78 is 0. The Bertz CT molecular complexity index is 887. The van der Waals surface area contributed by atoms with E-state index in [4.69, 9.17) is 5.26 Å². The second-order valence-corrected chi connectivity index (χ2v) is 5.16. The van der Waals surface area contributed by atoms with Crippen LogP contribution in [-0.4, -0.2) is 11.8 Å². The van der Waals surface area contributed by atoms with E-state index in [9.17, 15) is 9.59 Å². The van der Waals surface area contributed by atoms with Crippen LogP contribution in [0.2, 0.25) is 0 Å². The van der Waals surface area contributed by atoms with Crippen LogP contribution in [0.25, 0.3) is 11.6 Å². The fourth-order valence-electron chi connectivity index (χ4n) is 1.83. The van der Waals surface area contributed by atoms with Crippen LogP contribution in [0.4, 0.5) is 0 Å². The third kappa shape index (κ3) is 12.2. The summed E-state index contributed by atoms with van der Waals surface area (Å²) in [7, 11) is 0. The maximum atomic E-state index is 11.2. The van der Waals surface area contributed by atoms with Crippen molar-refractivity contribution in [3.63, 3.8) is 0 Å². The zero-order valence-corrected chi connectivity index (χ0v) is 17.0. The minimum atomic E-state index is -0.344. The summed E-state index contributed by atoms with van der Waals surface area (Å²) >= 11 is 0. The van der Waals surface area contributed by atoms with Gasteiger partial charge in [0.05, 0.1) is 11.6 Å². The minimum Gasteiger partial charge on any atom is -0.344 e. The number of benzene rings is 2. The van der Waals surface area contributed by atoms with E-state index in [2.05, 4.69) is 31.6 Å². The molecule has 0 unspecified atom stereocenters. The van der Waals surface area contributed by atoms with Crippen molar-refractivity contribution in [2.45, 2.75) is 0 Å². The van der Waals surface area contributed by atoms with Gasteiger partial charge in [-0.1, -0.05) is 105 Å². The normalized spacial score (nSPS) is 10.2. The molecular formula is C25H27N3O2. The maximum absolute atomic E-state index is 11.2. The second kappa shape index (κ2) is 18.1. The number of amides is 2. The van der Waals surface area contributed by atoms with Gasteiger partial charge in [-0.2, -0.15) is 5.26 Å². The molecule has 2 aromatic rings. The smallest absolute Gasteiger partial charge is 0.258 e. The van der Waals surface area contributed by atoms with Crippen LogP contribution in [0.1, 0.15) is 11.1 Å². The number of imide groups is 1. The highest BCUT2D eigenvalue weighted by molar-refractivity contribution is 6.33. The van der Waals surface area contributed by atoms with Crippen molar-refractivity contribution < 1.29 is 9.59 Å². The number of rotatable bonds is 3. The molecule has 0 spiro atoms. The van der Waals surface area contributed by atoms with E-state index < -0.39 is 0 Å². The third-order valence-electron chi connectivity index (χ3n) is 3.13. The lowest BCUT2D eigenvalue weighted by Gasteiger charge is -1.97. The number of nitriles is 1. The molecule has 1 aliphatic rings. The van der Waals surface area contributed by atoms with Crippen LogP contribution < -0.4 is 11.5 Å². The molecule has 0 radical (unpaired) electrons. The fourth-order valence-corrected chi connectivity index (χ4v) is 1.83. The van der Waals surface area contributed by atoms with E-state index in [1.807, 2.05) is 54.6 Å². The fraction of sp³-hybridized carbons (Fsp3) is 0.